The first-order valence-electron chi connectivity index (χ1n) is 12.2. The normalized spacial score (nSPS) is 10.9. The van der Waals surface area contributed by atoms with Crippen LogP contribution in [0.2, 0.25) is 10.0 Å². The first kappa shape index (κ1) is 28.0. The first-order chi connectivity index (χ1) is 18.6. The molecule has 0 saturated heterocycles. The van der Waals surface area contributed by atoms with Gasteiger partial charge < -0.3 is 19.3 Å². The fourth-order valence-electron chi connectivity index (χ4n) is 4.35. The van der Waals surface area contributed by atoms with Crippen molar-refractivity contribution < 1.29 is 19.6 Å². The molecule has 0 spiro atoms. The summed E-state index contributed by atoms with van der Waals surface area (Å²) >= 11 is 12.4. The summed E-state index contributed by atoms with van der Waals surface area (Å²) in [5.74, 6) is -0.368. The summed E-state index contributed by atoms with van der Waals surface area (Å²) in [5, 5.41) is 22.6. The maximum atomic E-state index is 12.1. The van der Waals surface area contributed by atoms with Crippen LogP contribution in [0.3, 0.4) is 0 Å². The standard InChI is InChI=1S/C29H27Cl2N3O5/c1-19-12-26(13-20(2)28(19)31)39-11-5-10-32-18-25(16-27(32)29(35)36)33(17-21-6-3-7-22(30)14-21)23-8-4-9-24(15-23)34(37)38/h3-4,6-9,12-16,18H,5,10-11,17H2,1-2H3,(H,35,36). The summed E-state index contributed by atoms with van der Waals surface area (Å²) in [6, 6.07) is 18.8. The van der Waals surface area contributed by atoms with Crippen molar-refractivity contribution in [2.75, 3.05) is 11.5 Å². The number of hydrogen-bond acceptors (Lipinski definition) is 5. The fourth-order valence-corrected chi connectivity index (χ4v) is 4.67. The van der Waals surface area contributed by atoms with Gasteiger partial charge in [0.1, 0.15) is 11.4 Å². The number of halogens is 2. The number of aryl methyl sites for hydroxylation is 3. The average Bonchev–Trinajstić information content (AvgIpc) is 3.32. The van der Waals surface area contributed by atoms with Crippen molar-refractivity contribution in [2.24, 2.45) is 0 Å². The average molecular weight is 568 g/mol. The SMILES string of the molecule is Cc1cc(OCCCn2cc(N(Cc3cccc(Cl)c3)c3cccc([N+](=O)[O-])c3)cc2C(=O)O)cc(C)c1Cl. The predicted molar refractivity (Wildman–Crippen MR) is 153 cm³/mol. The number of aromatic nitrogens is 1. The maximum Gasteiger partial charge on any atom is 0.352 e. The molecule has 3 aromatic carbocycles. The fraction of sp³-hybridized carbons (Fsp3) is 0.207. The van der Waals surface area contributed by atoms with E-state index in [-0.39, 0.29) is 11.4 Å². The number of nitro groups is 1. The highest BCUT2D eigenvalue weighted by atomic mass is 35.5. The van der Waals surface area contributed by atoms with Crippen LogP contribution in [-0.4, -0.2) is 27.2 Å². The van der Waals surface area contributed by atoms with Gasteiger partial charge in [0.05, 0.1) is 17.2 Å². The van der Waals surface area contributed by atoms with Gasteiger partial charge in [-0.3, -0.25) is 10.1 Å². The van der Waals surface area contributed by atoms with E-state index in [1.807, 2.05) is 43.0 Å². The Bertz CT molecular complexity index is 1500. The van der Waals surface area contributed by atoms with Crippen molar-refractivity contribution in [3.05, 3.63) is 115 Å². The van der Waals surface area contributed by atoms with Crippen LogP contribution in [-0.2, 0) is 13.1 Å². The van der Waals surface area contributed by atoms with Crippen LogP contribution in [0.4, 0.5) is 17.1 Å². The van der Waals surface area contributed by atoms with Gasteiger partial charge in [-0.15, -0.1) is 0 Å². The number of hydrogen-bond donors (Lipinski definition) is 1. The van der Waals surface area contributed by atoms with Gasteiger partial charge in [-0.1, -0.05) is 41.4 Å². The Kier molecular flexibility index (Phi) is 8.79. The monoisotopic (exact) mass is 567 g/mol. The Balaban J connectivity index is 1.59. The number of aromatic carboxylic acids is 1. The number of rotatable bonds is 11. The number of carboxylic acids is 1. The summed E-state index contributed by atoms with van der Waals surface area (Å²) in [5.41, 5.74) is 3.89. The van der Waals surface area contributed by atoms with E-state index in [1.54, 1.807) is 41.1 Å². The molecule has 0 bridgehead atoms. The molecule has 8 nitrogen and oxygen atoms in total. The van der Waals surface area contributed by atoms with Gasteiger partial charge in [0, 0.05) is 47.2 Å². The number of carboxylic acid groups (broad SMARTS) is 1. The highest BCUT2D eigenvalue weighted by Crippen LogP contribution is 2.32. The maximum absolute atomic E-state index is 12.1. The Labute approximate surface area is 236 Å². The molecule has 0 aliphatic carbocycles. The molecule has 0 amide bonds. The minimum Gasteiger partial charge on any atom is -0.494 e. The molecule has 10 heteroatoms. The molecule has 4 aromatic rings. The van der Waals surface area contributed by atoms with E-state index in [9.17, 15) is 20.0 Å². The minimum atomic E-state index is -1.08. The quantitative estimate of drug-likeness (QED) is 0.113. The van der Waals surface area contributed by atoms with E-state index in [1.165, 1.54) is 12.1 Å². The zero-order chi connectivity index (χ0) is 28.1. The van der Waals surface area contributed by atoms with E-state index < -0.39 is 10.9 Å². The lowest BCUT2D eigenvalue weighted by atomic mass is 10.1. The lowest BCUT2D eigenvalue weighted by Crippen LogP contribution is -2.16. The largest absolute Gasteiger partial charge is 0.494 e. The van der Waals surface area contributed by atoms with Crippen molar-refractivity contribution in [1.82, 2.24) is 4.57 Å². The molecule has 0 aliphatic heterocycles. The Morgan fingerprint density at radius 1 is 1.03 bits per heavy atom. The smallest absolute Gasteiger partial charge is 0.352 e. The highest BCUT2D eigenvalue weighted by Gasteiger charge is 2.20. The number of anilines is 2. The van der Waals surface area contributed by atoms with Crippen molar-refractivity contribution in [3.8, 4) is 5.75 Å². The van der Waals surface area contributed by atoms with E-state index in [0.29, 0.717) is 53.3 Å². The minimum absolute atomic E-state index is 0.0636. The van der Waals surface area contributed by atoms with Gasteiger partial charge in [0.2, 0.25) is 0 Å². The molecule has 0 atom stereocenters. The van der Waals surface area contributed by atoms with E-state index in [2.05, 4.69) is 0 Å². The second-order valence-corrected chi connectivity index (χ2v) is 9.96. The van der Waals surface area contributed by atoms with Crippen molar-refractivity contribution in [3.63, 3.8) is 0 Å². The molecular weight excluding hydrogens is 541 g/mol. The highest BCUT2D eigenvalue weighted by molar-refractivity contribution is 6.32. The second-order valence-electron chi connectivity index (χ2n) is 9.15. The van der Waals surface area contributed by atoms with E-state index >= 15 is 0 Å². The number of non-ortho nitro benzene ring substituents is 1. The first-order valence-corrected chi connectivity index (χ1v) is 13.0. The summed E-state index contributed by atoms with van der Waals surface area (Å²) in [6.45, 7) is 4.93. The number of nitro benzene ring substituents is 1. The van der Waals surface area contributed by atoms with E-state index in [0.717, 1.165) is 16.7 Å². The molecule has 1 N–H and O–H groups in total. The topological polar surface area (TPSA) is 97.8 Å². The lowest BCUT2D eigenvalue weighted by molar-refractivity contribution is -0.384. The third-order valence-corrected chi connectivity index (χ3v) is 7.05. The third kappa shape index (κ3) is 6.90. The summed E-state index contributed by atoms with van der Waals surface area (Å²) < 4.78 is 7.54. The zero-order valence-electron chi connectivity index (χ0n) is 21.4. The Hall–Kier alpha value is -4.01. The van der Waals surface area contributed by atoms with Gasteiger partial charge in [0.25, 0.3) is 5.69 Å². The van der Waals surface area contributed by atoms with Gasteiger partial charge in [-0.25, -0.2) is 4.79 Å². The number of carbonyl (C=O) groups is 1. The molecule has 1 aromatic heterocycles. The van der Waals surface area contributed by atoms with Crippen molar-refractivity contribution in [2.45, 2.75) is 33.4 Å². The van der Waals surface area contributed by atoms with Crippen LogP contribution >= 0.6 is 23.2 Å². The van der Waals surface area contributed by atoms with Crippen LogP contribution in [0, 0.1) is 24.0 Å². The van der Waals surface area contributed by atoms with Gasteiger partial charge in [-0.05, 0) is 73.4 Å². The molecule has 202 valence electrons. The van der Waals surface area contributed by atoms with Crippen LogP contribution < -0.4 is 9.64 Å². The number of benzene rings is 3. The molecule has 0 aliphatic rings. The molecule has 1 heterocycles. The molecule has 4 rings (SSSR count). The van der Waals surface area contributed by atoms with Gasteiger partial charge >= 0.3 is 5.97 Å². The second kappa shape index (κ2) is 12.2. The molecule has 0 radical (unpaired) electrons. The molecular formula is C29H27Cl2N3O5. The van der Waals surface area contributed by atoms with E-state index in [4.69, 9.17) is 27.9 Å². The Morgan fingerprint density at radius 2 is 1.74 bits per heavy atom. The van der Waals surface area contributed by atoms with Crippen LogP contribution in [0.1, 0.15) is 33.6 Å². The van der Waals surface area contributed by atoms with Gasteiger partial charge in [0.15, 0.2) is 0 Å². The summed E-state index contributed by atoms with van der Waals surface area (Å²) in [4.78, 5) is 24.9. The summed E-state index contributed by atoms with van der Waals surface area (Å²) in [6.07, 6.45) is 2.30. The number of nitrogens with zero attached hydrogens (tertiary/aromatic N) is 3. The predicted octanol–water partition coefficient (Wildman–Crippen LogP) is 7.83. The van der Waals surface area contributed by atoms with Crippen molar-refractivity contribution >= 4 is 46.2 Å². The Morgan fingerprint density at radius 3 is 2.41 bits per heavy atom. The summed E-state index contributed by atoms with van der Waals surface area (Å²) in [7, 11) is 0. The third-order valence-electron chi connectivity index (χ3n) is 6.22. The van der Waals surface area contributed by atoms with Crippen LogP contribution in [0.25, 0.3) is 0 Å². The van der Waals surface area contributed by atoms with Gasteiger partial charge in [-0.2, -0.15) is 0 Å². The molecule has 39 heavy (non-hydrogen) atoms. The van der Waals surface area contributed by atoms with Crippen LogP contribution in [0.15, 0.2) is 72.9 Å². The molecule has 0 unspecified atom stereocenters. The number of ether oxygens (including phenoxy) is 1. The lowest BCUT2D eigenvalue weighted by Gasteiger charge is -2.24. The van der Waals surface area contributed by atoms with Crippen LogP contribution in [0.5, 0.6) is 5.75 Å². The molecule has 0 fully saturated rings. The molecule has 0 saturated carbocycles. The van der Waals surface area contributed by atoms with Crippen molar-refractivity contribution in [1.29, 1.82) is 0 Å². The zero-order valence-corrected chi connectivity index (χ0v) is 22.9.